The molecule has 1 aromatic heterocycles. The Morgan fingerprint density at radius 3 is 2.75 bits per heavy atom. The fourth-order valence-electron chi connectivity index (χ4n) is 0.804. The van der Waals surface area contributed by atoms with Crippen LogP contribution in [0, 0.1) is 17.0 Å². The predicted octanol–water partition coefficient (Wildman–Crippen LogP) is 1.08. The summed E-state index contributed by atoms with van der Waals surface area (Å²) in [5.41, 5.74) is 0.146. The van der Waals surface area contributed by atoms with Gasteiger partial charge in [0, 0.05) is 10.3 Å². The van der Waals surface area contributed by atoms with Crippen molar-refractivity contribution in [2.45, 2.75) is 6.92 Å². The molecule has 0 aromatic carbocycles. The highest BCUT2D eigenvalue weighted by Crippen LogP contribution is 2.24. The van der Waals surface area contributed by atoms with Crippen molar-refractivity contribution in [3.8, 4) is 0 Å². The summed E-state index contributed by atoms with van der Waals surface area (Å²) in [5.74, 6) is 0. The minimum absolute atomic E-state index is 0.0466. The van der Waals surface area contributed by atoms with E-state index in [0.29, 0.717) is 10.3 Å². The van der Waals surface area contributed by atoms with E-state index in [1.165, 1.54) is 6.20 Å². The van der Waals surface area contributed by atoms with Crippen LogP contribution in [-0.2, 0) is 0 Å². The fraction of sp³-hybridized carbons (Fsp3) is 0.167. The van der Waals surface area contributed by atoms with E-state index in [1.54, 1.807) is 6.92 Å². The smallest absolute Gasteiger partial charge is 0.285 e. The topological polar surface area (TPSA) is 67.2 Å². The molecule has 6 heteroatoms. The van der Waals surface area contributed by atoms with E-state index in [0.717, 1.165) is 6.20 Å². The Hall–Kier alpha value is -1.36. The van der Waals surface area contributed by atoms with Crippen LogP contribution in [0.4, 0.5) is 5.69 Å². The average Bonchev–Trinajstić information content (AvgIpc) is 1.96. The summed E-state index contributed by atoms with van der Waals surface area (Å²) >= 11 is 5.59. The number of nitro groups is 1. The van der Waals surface area contributed by atoms with E-state index in [2.05, 4.69) is 0 Å². The summed E-state index contributed by atoms with van der Waals surface area (Å²) in [6.45, 7) is 1.57. The first-order chi connectivity index (χ1) is 5.52. The molecule has 1 aromatic rings. The van der Waals surface area contributed by atoms with Gasteiger partial charge in [0.1, 0.15) is 5.02 Å². The van der Waals surface area contributed by atoms with Gasteiger partial charge in [-0.05, 0) is 6.92 Å². The molecule has 5 nitrogen and oxygen atoms in total. The van der Waals surface area contributed by atoms with Crippen molar-refractivity contribution >= 4 is 17.3 Å². The van der Waals surface area contributed by atoms with E-state index >= 15 is 0 Å². The van der Waals surface area contributed by atoms with Gasteiger partial charge in [0.05, 0.1) is 4.92 Å². The van der Waals surface area contributed by atoms with Gasteiger partial charge in [0.2, 0.25) is 6.20 Å². The van der Waals surface area contributed by atoms with Crippen molar-refractivity contribution < 1.29 is 14.9 Å². The third kappa shape index (κ3) is 1.45. The average molecular weight is 190 g/mol. The van der Waals surface area contributed by atoms with Gasteiger partial charge in [-0.25, -0.2) is 0 Å². The van der Waals surface area contributed by atoms with Gasteiger partial charge in [0.15, 0.2) is 0 Å². The number of aromatic nitrogens is 1. The monoisotopic (exact) mass is 189 g/mol. The van der Waals surface area contributed by atoms with E-state index in [-0.39, 0.29) is 10.7 Å². The summed E-state index contributed by atoms with van der Waals surface area (Å²) in [6, 6.07) is 0. The third-order valence-electron chi connectivity index (χ3n) is 1.35. The number of hydrogen-bond donors (Lipinski definition) is 1. The van der Waals surface area contributed by atoms with E-state index < -0.39 is 4.92 Å². The normalized spacial score (nSPS) is 9.83. The highest BCUT2D eigenvalue weighted by atomic mass is 35.5. The van der Waals surface area contributed by atoms with Crippen molar-refractivity contribution in [2.75, 3.05) is 0 Å². The van der Waals surface area contributed by atoms with Gasteiger partial charge in [-0.2, -0.15) is 0 Å². The maximum absolute atomic E-state index is 10.3. The Bertz CT molecular complexity index is 340. The molecule has 64 valence electrons. The molecule has 0 spiro atoms. The first-order valence-electron chi connectivity index (χ1n) is 3.07. The zero-order valence-electron chi connectivity index (χ0n) is 6.19. The summed E-state index contributed by atoms with van der Waals surface area (Å²) in [6.07, 6.45) is 2.23. The molecule has 0 fully saturated rings. The maximum atomic E-state index is 10.3. The van der Waals surface area contributed by atoms with Gasteiger partial charge in [0.25, 0.3) is 0 Å². The molecular formula is C6H6ClN2O3+. The lowest BCUT2D eigenvalue weighted by atomic mass is 10.3. The Kier molecular flexibility index (Phi) is 2.14. The van der Waals surface area contributed by atoms with Gasteiger partial charge < -0.3 is 0 Å². The molecule has 0 saturated carbocycles. The lowest BCUT2D eigenvalue weighted by Gasteiger charge is -1.93. The summed E-state index contributed by atoms with van der Waals surface area (Å²) < 4.78 is 0.610. The number of pyridine rings is 1. The van der Waals surface area contributed by atoms with Crippen LogP contribution in [0.3, 0.4) is 0 Å². The summed E-state index contributed by atoms with van der Waals surface area (Å²) in [5, 5.41) is 19.3. The Labute approximate surface area is 72.9 Å². The van der Waals surface area contributed by atoms with Crippen LogP contribution in [0.5, 0.6) is 0 Å². The molecule has 0 atom stereocenters. The molecule has 0 aliphatic rings. The molecular weight excluding hydrogens is 184 g/mol. The lowest BCUT2D eigenvalue weighted by Crippen LogP contribution is -2.29. The number of rotatable bonds is 1. The Morgan fingerprint density at radius 2 is 2.25 bits per heavy atom. The van der Waals surface area contributed by atoms with E-state index in [4.69, 9.17) is 16.8 Å². The Balaban J connectivity index is 3.37. The van der Waals surface area contributed by atoms with E-state index in [9.17, 15) is 10.1 Å². The van der Waals surface area contributed by atoms with E-state index in [1.807, 2.05) is 0 Å². The number of halogens is 1. The molecule has 0 radical (unpaired) electrons. The maximum Gasteiger partial charge on any atom is 0.356 e. The molecule has 0 aliphatic heterocycles. The fourth-order valence-corrected chi connectivity index (χ4v) is 0.970. The van der Waals surface area contributed by atoms with Crippen molar-refractivity contribution in [2.24, 2.45) is 0 Å². The molecule has 0 bridgehead atoms. The molecule has 0 amide bonds. The molecule has 0 aliphatic carbocycles. The molecule has 1 rings (SSSR count). The second-order valence-corrected chi connectivity index (χ2v) is 2.66. The predicted molar refractivity (Wildman–Crippen MR) is 40.2 cm³/mol. The Morgan fingerprint density at radius 1 is 1.67 bits per heavy atom. The largest absolute Gasteiger partial charge is 0.356 e. The molecule has 1 N–H and O–H groups in total. The van der Waals surface area contributed by atoms with Gasteiger partial charge in [-0.15, -0.1) is 0 Å². The molecule has 0 saturated heterocycles. The van der Waals surface area contributed by atoms with Crippen LogP contribution in [0.1, 0.15) is 5.56 Å². The zero-order chi connectivity index (χ0) is 9.30. The van der Waals surface area contributed by atoms with Crippen LogP contribution in [0.15, 0.2) is 12.4 Å². The van der Waals surface area contributed by atoms with Crippen LogP contribution < -0.4 is 4.73 Å². The van der Waals surface area contributed by atoms with Crippen LogP contribution in [-0.4, -0.2) is 10.1 Å². The SMILES string of the molecule is Cc1c[n+](O)cc([N+](=O)[O-])c1Cl. The minimum atomic E-state index is -0.651. The third-order valence-corrected chi connectivity index (χ3v) is 1.84. The molecule has 12 heavy (non-hydrogen) atoms. The molecule has 1 heterocycles. The molecule has 0 unspecified atom stereocenters. The highest BCUT2D eigenvalue weighted by Gasteiger charge is 2.21. The zero-order valence-corrected chi connectivity index (χ0v) is 6.95. The second kappa shape index (κ2) is 2.94. The first-order valence-corrected chi connectivity index (χ1v) is 3.45. The standard InChI is InChI=1S/C6H6ClN2O3/c1-4-2-8(10)3-5(6(4)7)9(11)12/h2-3,10H,1H3/q+1. The number of hydrogen-bond acceptors (Lipinski definition) is 3. The number of nitrogens with zero attached hydrogens (tertiary/aromatic N) is 2. The lowest BCUT2D eigenvalue weighted by molar-refractivity contribution is -0.905. The van der Waals surface area contributed by atoms with Crippen molar-refractivity contribution in [3.63, 3.8) is 0 Å². The highest BCUT2D eigenvalue weighted by molar-refractivity contribution is 6.33. The number of aryl methyl sites for hydroxylation is 1. The van der Waals surface area contributed by atoms with Crippen molar-refractivity contribution in [1.82, 2.24) is 0 Å². The first kappa shape index (κ1) is 8.73. The second-order valence-electron chi connectivity index (χ2n) is 2.28. The summed E-state index contributed by atoms with van der Waals surface area (Å²) in [4.78, 5) is 9.67. The van der Waals surface area contributed by atoms with Crippen LogP contribution in [0.2, 0.25) is 5.02 Å². The van der Waals surface area contributed by atoms with Gasteiger partial charge in [-0.1, -0.05) is 11.6 Å². The van der Waals surface area contributed by atoms with Gasteiger partial charge in [-0.3, -0.25) is 15.3 Å². The van der Waals surface area contributed by atoms with Crippen molar-refractivity contribution in [1.29, 1.82) is 0 Å². The van der Waals surface area contributed by atoms with Gasteiger partial charge >= 0.3 is 11.9 Å². The van der Waals surface area contributed by atoms with Crippen molar-refractivity contribution in [3.05, 3.63) is 33.1 Å². The van der Waals surface area contributed by atoms with Crippen LogP contribution in [0.25, 0.3) is 0 Å². The minimum Gasteiger partial charge on any atom is -0.285 e. The van der Waals surface area contributed by atoms with Crippen LogP contribution >= 0.6 is 11.6 Å². The summed E-state index contributed by atoms with van der Waals surface area (Å²) in [7, 11) is 0. The quantitative estimate of drug-likeness (QED) is 0.311.